The molecule has 4 N–H and O–H groups in total. The fourth-order valence-corrected chi connectivity index (χ4v) is 1.48. The van der Waals surface area contributed by atoms with E-state index in [1.54, 1.807) is 31.2 Å². The van der Waals surface area contributed by atoms with Gasteiger partial charge in [0.25, 0.3) is 0 Å². The van der Waals surface area contributed by atoms with Crippen molar-refractivity contribution in [2.75, 3.05) is 10.6 Å². The van der Waals surface area contributed by atoms with E-state index in [1.165, 1.54) is 0 Å². The van der Waals surface area contributed by atoms with Crippen molar-refractivity contribution in [3.05, 3.63) is 24.3 Å². The molecule has 0 aliphatic heterocycles. The van der Waals surface area contributed by atoms with Gasteiger partial charge in [-0.3, -0.25) is 9.59 Å². The Kier molecular flexibility index (Phi) is 5.32. The SMILES string of the molecule is C[C@H](N)C(=O)Nc1ccc(NC(=O)C2CC2)cc1.Cl. The van der Waals surface area contributed by atoms with E-state index in [0.29, 0.717) is 5.69 Å². The average molecular weight is 284 g/mol. The first-order valence-corrected chi connectivity index (χ1v) is 6.03. The third-order valence-electron chi connectivity index (χ3n) is 2.78. The van der Waals surface area contributed by atoms with Crippen LogP contribution in [0.25, 0.3) is 0 Å². The summed E-state index contributed by atoms with van der Waals surface area (Å²) in [4.78, 5) is 22.9. The molecule has 0 bridgehead atoms. The highest BCUT2D eigenvalue weighted by molar-refractivity contribution is 5.96. The van der Waals surface area contributed by atoms with Gasteiger partial charge in [-0.1, -0.05) is 0 Å². The van der Waals surface area contributed by atoms with Crippen LogP contribution in [0.4, 0.5) is 11.4 Å². The molecular formula is C13H18ClN3O2. The lowest BCUT2D eigenvalue weighted by Crippen LogP contribution is -2.32. The summed E-state index contributed by atoms with van der Waals surface area (Å²) < 4.78 is 0. The number of hydrogen-bond acceptors (Lipinski definition) is 3. The molecule has 1 fully saturated rings. The first-order chi connectivity index (χ1) is 8.56. The Morgan fingerprint density at radius 3 is 2.05 bits per heavy atom. The maximum atomic E-state index is 11.5. The molecule has 0 saturated heterocycles. The van der Waals surface area contributed by atoms with E-state index in [4.69, 9.17) is 5.73 Å². The molecule has 1 aromatic carbocycles. The molecule has 1 aliphatic carbocycles. The summed E-state index contributed by atoms with van der Waals surface area (Å²) in [6, 6.07) is 6.46. The fourth-order valence-electron chi connectivity index (χ4n) is 1.48. The van der Waals surface area contributed by atoms with E-state index in [0.717, 1.165) is 18.5 Å². The lowest BCUT2D eigenvalue weighted by Gasteiger charge is -2.09. The number of hydrogen-bond donors (Lipinski definition) is 3. The minimum atomic E-state index is -0.542. The number of nitrogens with one attached hydrogen (secondary N) is 2. The quantitative estimate of drug-likeness (QED) is 0.787. The van der Waals surface area contributed by atoms with Gasteiger partial charge < -0.3 is 16.4 Å². The third kappa shape index (κ3) is 4.54. The predicted molar refractivity (Wildman–Crippen MR) is 77.3 cm³/mol. The molecule has 0 heterocycles. The lowest BCUT2D eigenvalue weighted by atomic mass is 10.2. The van der Waals surface area contributed by atoms with Crippen molar-refractivity contribution in [3.8, 4) is 0 Å². The number of carbonyl (C=O) groups excluding carboxylic acids is 2. The van der Waals surface area contributed by atoms with Crippen LogP contribution < -0.4 is 16.4 Å². The van der Waals surface area contributed by atoms with Crippen molar-refractivity contribution in [3.63, 3.8) is 0 Å². The van der Waals surface area contributed by atoms with Crippen LogP contribution in [-0.2, 0) is 9.59 Å². The minimum absolute atomic E-state index is 0. The molecule has 2 rings (SSSR count). The molecule has 5 nitrogen and oxygen atoms in total. The number of anilines is 2. The van der Waals surface area contributed by atoms with Gasteiger partial charge in [0.05, 0.1) is 6.04 Å². The molecule has 0 unspecified atom stereocenters. The molecule has 2 amide bonds. The molecule has 19 heavy (non-hydrogen) atoms. The Bertz CT molecular complexity index is 420. The Hall–Kier alpha value is -1.59. The Balaban J connectivity index is 0.00000180. The zero-order chi connectivity index (χ0) is 13.1. The highest BCUT2D eigenvalue weighted by Gasteiger charge is 2.29. The van der Waals surface area contributed by atoms with Gasteiger partial charge in [0, 0.05) is 17.3 Å². The highest BCUT2D eigenvalue weighted by atomic mass is 35.5. The van der Waals surface area contributed by atoms with Crippen LogP contribution in [0.1, 0.15) is 19.8 Å². The fraction of sp³-hybridized carbons (Fsp3) is 0.385. The molecule has 1 aliphatic rings. The molecule has 1 atom stereocenters. The second kappa shape index (κ2) is 6.54. The van der Waals surface area contributed by atoms with Crippen LogP contribution in [0.2, 0.25) is 0 Å². The molecule has 0 aromatic heterocycles. The van der Waals surface area contributed by atoms with Gasteiger partial charge in [-0.25, -0.2) is 0 Å². The van der Waals surface area contributed by atoms with Crippen molar-refractivity contribution >= 4 is 35.6 Å². The molecule has 1 saturated carbocycles. The van der Waals surface area contributed by atoms with Crippen LogP contribution in [0.5, 0.6) is 0 Å². The number of carbonyl (C=O) groups is 2. The topological polar surface area (TPSA) is 84.2 Å². The lowest BCUT2D eigenvalue weighted by molar-refractivity contribution is -0.118. The smallest absolute Gasteiger partial charge is 0.240 e. The Labute approximate surface area is 118 Å². The van der Waals surface area contributed by atoms with Crippen molar-refractivity contribution in [1.29, 1.82) is 0 Å². The second-order valence-corrected chi connectivity index (χ2v) is 4.62. The van der Waals surface area contributed by atoms with E-state index in [-0.39, 0.29) is 30.1 Å². The molecule has 0 radical (unpaired) electrons. The van der Waals surface area contributed by atoms with E-state index < -0.39 is 6.04 Å². The zero-order valence-electron chi connectivity index (χ0n) is 10.7. The number of nitrogens with two attached hydrogens (primary N) is 1. The van der Waals surface area contributed by atoms with E-state index in [9.17, 15) is 9.59 Å². The van der Waals surface area contributed by atoms with Crippen LogP contribution in [0.15, 0.2) is 24.3 Å². The van der Waals surface area contributed by atoms with E-state index in [2.05, 4.69) is 10.6 Å². The van der Waals surface area contributed by atoms with Crippen LogP contribution in [0, 0.1) is 5.92 Å². The Morgan fingerprint density at radius 2 is 1.63 bits per heavy atom. The summed E-state index contributed by atoms with van der Waals surface area (Å²) >= 11 is 0. The maximum Gasteiger partial charge on any atom is 0.240 e. The van der Waals surface area contributed by atoms with Crippen molar-refractivity contribution in [1.82, 2.24) is 0 Å². The first-order valence-electron chi connectivity index (χ1n) is 6.03. The summed E-state index contributed by atoms with van der Waals surface area (Å²) in [5.74, 6) is 0.0228. The highest BCUT2D eigenvalue weighted by Crippen LogP contribution is 2.30. The summed E-state index contributed by atoms with van der Waals surface area (Å²) in [5.41, 5.74) is 6.86. The van der Waals surface area contributed by atoms with Crippen LogP contribution in [-0.4, -0.2) is 17.9 Å². The number of halogens is 1. The predicted octanol–water partition coefficient (Wildman–Crippen LogP) is 1.74. The van der Waals surface area contributed by atoms with Gasteiger partial charge in [-0.2, -0.15) is 0 Å². The van der Waals surface area contributed by atoms with Gasteiger partial charge in [0.15, 0.2) is 0 Å². The summed E-state index contributed by atoms with van der Waals surface area (Å²) in [7, 11) is 0. The average Bonchev–Trinajstić information content (AvgIpc) is 3.15. The summed E-state index contributed by atoms with van der Waals surface area (Å²) in [6.07, 6.45) is 1.96. The molecule has 0 spiro atoms. The van der Waals surface area contributed by atoms with Crippen LogP contribution >= 0.6 is 12.4 Å². The molecule has 1 aromatic rings. The maximum absolute atomic E-state index is 11.5. The Morgan fingerprint density at radius 1 is 1.16 bits per heavy atom. The molecule has 104 valence electrons. The number of amides is 2. The minimum Gasteiger partial charge on any atom is -0.326 e. The molecular weight excluding hydrogens is 266 g/mol. The van der Waals surface area contributed by atoms with Crippen molar-refractivity contribution in [2.45, 2.75) is 25.8 Å². The van der Waals surface area contributed by atoms with Gasteiger partial charge in [0.1, 0.15) is 0 Å². The normalized spacial score (nSPS) is 15.1. The third-order valence-corrected chi connectivity index (χ3v) is 2.78. The van der Waals surface area contributed by atoms with E-state index >= 15 is 0 Å². The monoisotopic (exact) mass is 283 g/mol. The number of benzene rings is 1. The first kappa shape index (κ1) is 15.5. The largest absolute Gasteiger partial charge is 0.326 e. The molecule has 6 heteroatoms. The van der Waals surface area contributed by atoms with Crippen LogP contribution in [0.3, 0.4) is 0 Å². The standard InChI is InChI=1S/C13H17N3O2.ClH/c1-8(14)12(17)15-10-4-6-11(7-5-10)16-13(18)9-2-3-9;/h4-9H,2-3,14H2,1H3,(H,15,17)(H,16,18);1H/t8-;/m0./s1. The van der Waals surface area contributed by atoms with Crippen molar-refractivity contribution in [2.24, 2.45) is 11.7 Å². The van der Waals surface area contributed by atoms with Gasteiger partial charge in [0.2, 0.25) is 11.8 Å². The summed E-state index contributed by atoms with van der Waals surface area (Å²) in [5, 5.41) is 5.51. The number of rotatable bonds is 4. The van der Waals surface area contributed by atoms with Crippen molar-refractivity contribution < 1.29 is 9.59 Å². The zero-order valence-corrected chi connectivity index (χ0v) is 11.5. The second-order valence-electron chi connectivity index (χ2n) is 4.62. The van der Waals surface area contributed by atoms with Gasteiger partial charge in [-0.15, -0.1) is 12.4 Å². The van der Waals surface area contributed by atoms with E-state index in [1.807, 2.05) is 0 Å². The summed E-state index contributed by atoms with van der Waals surface area (Å²) in [6.45, 7) is 1.62. The van der Waals surface area contributed by atoms with Gasteiger partial charge >= 0.3 is 0 Å². The van der Waals surface area contributed by atoms with Gasteiger partial charge in [-0.05, 0) is 44.0 Å².